The van der Waals surface area contributed by atoms with Crippen LogP contribution in [0.25, 0.3) is 11.3 Å². The van der Waals surface area contributed by atoms with Crippen LogP contribution in [0.5, 0.6) is 0 Å². The minimum atomic E-state index is -0.250. The van der Waals surface area contributed by atoms with Gasteiger partial charge in [-0.2, -0.15) is 0 Å². The Morgan fingerprint density at radius 1 is 1.12 bits per heavy atom. The van der Waals surface area contributed by atoms with E-state index in [0.29, 0.717) is 11.1 Å². The quantitative estimate of drug-likeness (QED) is 0.592. The van der Waals surface area contributed by atoms with E-state index in [1.807, 2.05) is 54.1 Å². The summed E-state index contributed by atoms with van der Waals surface area (Å²) in [6.07, 6.45) is 5.00. The number of benzene rings is 2. The lowest BCUT2D eigenvalue weighted by Crippen LogP contribution is -2.06. The van der Waals surface area contributed by atoms with Gasteiger partial charge in [0.05, 0.1) is 5.57 Å². The highest BCUT2D eigenvalue weighted by molar-refractivity contribution is 6.35. The van der Waals surface area contributed by atoms with E-state index in [4.69, 9.17) is 0 Å². The summed E-state index contributed by atoms with van der Waals surface area (Å²) in [5.41, 5.74) is 3.36. The summed E-state index contributed by atoms with van der Waals surface area (Å²) in [7, 11) is 0. The van der Waals surface area contributed by atoms with Crippen LogP contribution in [0, 0.1) is 6.92 Å². The van der Waals surface area contributed by atoms with Gasteiger partial charge in [-0.15, -0.1) is 0 Å². The highest BCUT2D eigenvalue weighted by Gasteiger charge is 2.24. The summed E-state index contributed by atoms with van der Waals surface area (Å²) in [4.78, 5) is 28.8. The SMILES string of the molecule is Cc1nccn1-c1ccc(C(=O)/C=C2\C(=O)Nc3ccccc32)cc1. The Hall–Kier alpha value is -3.47. The topological polar surface area (TPSA) is 64.0 Å². The zero-order valence-electron chi connectivity index (χ0n) is 13.6. The molecule has 5 heteroatoms. The lowest BCUT2D eigenvalue weighted by molar-refractivity contribution is -0.110. The number of anilines is 1. The molecule has 0 spiro atoms. The van der Waals surface area contributed by atoms with Gasteiger partial charge in [0.15, 0.2) is 5.78 Å². The number of amides is 1. The summed E-state index contributed by atoms with van der Waals surface area (Å²) in [6.45, 7) is 1.92. The Labute approximate surface area is 144 Å². The van der Waals surface area contributed by atoms with E-state index in [1.54, 1.807) is 18.3 Å². The molecule has 1 aliphatic rings. The molecule has 0 atom stereocenters. The molecular weight excluding hydrogens is 314 g/mol. The van der Waals surface area contributed by atoms with Crippen LogP contribution in [-0.2, 0) is 4.79 Å². The Morgan fingerprint density at radius 2 is 1.88 bits per heavy atom. The number of rotatable bonds is 3. The molecular formula is C20H15N3O2. The largest absolute Gasteiger partial charge is 0.321 e. The second kappa shape index (κ2) is 5.87. The normalized spacial score (nSPS) is 14.4. The molecule has 5 nitrogen and oxygen atoms in total. The molecule has 0 aliphatic carbocycles. The van der Waals surface area contributed by atoms with E-state index in [-0.39, 0.29) is 11.7 Å². The number of carbonyl (C=O) groups excluding carboxylic acids is 2. The van der Waals surface area contributed by atoms with Gasteiger partial charge in [0.25, 0.3) is 5.91 Å². The highest BCUT2D eigenvalue weighted by atomic mass is 16.2. The molecule has 0 fully saturated rings. The van der Waals surface area contributed by atoms with Gasteiger partial charge >= 0.3 is 0 Å². The first-order chi connectivity index (χ1) is 12.1. The number of ketones is 1. The first-order valence-electron chi connectivity index (χ1n) is 7.90. The molecule has 1 amide bonds. The summed E-state index contributed by atoms with van der Waals surface area (Å²) in [5, 5.41) is 2.77. The van der Waals surface area contributed by atoms with Gasteiger partial charge in [-0.05, 0) is 43.3 Å². The monoisotopic (exact) mass is 329 g/mol. The number of hydrogen-bond donors (Lipinski definition) is 1. The Morgan fingerprint density at radius 3 is 2.60 bits per heavy atom. The number of nitrogens with one attached hydrogen (secondary N) is 1. The van der Waals surface area contributed by atoms with E-state index in [1.165, 1.54) is 6.08 Å². The van der Waals surface area contributed by atoms with E-state index in [2.05, 4.69) is 10.3 Å². The van der Waals surface area contributed by atoms with E-state index >= 15 is 0 Å². The molecule has 0 saturated carbocycles. The summed E-state index contributed by atoms with van der Waals surface area (Å²) < 4.78 is 1.94. The second-order valence-corrected chi connectivity index (χ2v) is 5.81. The summed E-state index contributed by atoms with van der Waals surface area (Å²) in [6, 6.07) is 14.6. The number of carbonyl (C=O) groups is 2. The Balaban J connectivity index is 1.64. The molecule has 25 heavy (non-hydrogen) atoms. The van der Waals surface area contributed by atoms with Crippen molar-refractivity contribution in [3.05, 3.63) is 84.0 Å². The van der Waals surface area contributed by atoms with Gasteiger partial charge in [0, 0.05) is 34.9 Å². The van der Waals surface area contributed by atoms with Gasteiger partial charge in [-0.25, -0.2) is 4.98 Å². The number of hydrogen-bond acceptors (Lipinski definition) is 3. The maximum atomic E-state index is 12.5. The molecule has 2 aromatic carbocycles. The van der Waals surface area contributed by atoms with Gasteiger partial charge < -0.3 is 9.88 Å². The average molecular weight is 329 g/mol. The zero-order valence-corrected chi connectivity index (χ0v) is 13.6. The zero-order chi connectivity index (χ0) is 17.4. The Bertz CT molecular complexity index is 1010. The molecule has 3 aromatic rings. The molecule has 4 rings (SSSR count). The number of allylic oxidation sites excluding steroid dienone is 1. The van der Waals surface area contributed by atoms with Crippen LogP contribution in [-0.4, -0.2) is 21.2 Å². The second-order valence-electron chi connectivity index (χ2n) is 5.81. The fourth-order valence-corrected chi connectivity index (χ4v) is 2.93. The first-order valence-corrected chi connectivity index (χ1v) is 7.90. The third-order valence-corrected chi connectivity index (χ3v) is 4.24. The van der Waals surface area contributed by atoms with Crippen molar-refractivity contribution in [2.45, 2.75) is 6.92 Å². The van der Waals surface area contributed by atoms with Crippen LogP contribution in [0.4, 0.5) is 5.69 Å². The fourth-order valence-electron chi connectivity index (χ4n) is 2.93. The van der Waals surface area contributed by atoms with Gasteiger partial charge in [0.1, 0.15) is 5.82 Å². The van der Waals surface area contributed by atoms with Crippen molar-refractivity contribution in [1.29, 1.82) is 0 Å². The number of imidazole rings is 1. The third-order valence-electron chi connectivity index (χ3n) is 4.24. The minimum Gasteiger partial charge on any atom is -0.321 e. The van der Waals surface area contributed by atoms with Crippen molar-refractivity contribution < 1.29 is 9.59 Å². The Kier molecular flexibility index (Phi) is 3.54. The molecule has 122 valence electrons. The van der Waals surface area contributed by atoms with Gasteiger partial charge in [-0.1, -0.05) is 18.2 Å². The molecule has 2 heterocycles. The smallest absolute Gasteiger partial charge is 0.256 e. The number of aryl methyl sites for hydroxylation is 1. The van der Waals surface area contributed by atoms with E-state index < -0.39 is 0 Å². The number of nitrogens with zero attached hydrogens (tertiary/aromatic N) is 2. The van der Waals surface area contributed by atoms with Gasteiger partial charge in [0.2, 0.25) is 0 Å². The average Bonchev–Trinajstić information content (AvgIpc) is 3.19. The van der Waals surface area contributed by atoms with Gasteiger partial charge in [-0.3, -0.25) is 9.59 Å². The predicted molar refractivity (Wildman–Crippen MR) is 95.7 cm³/mol. The maximum absolute atomic E-state index is 12.5. The van der Waals surface area contributed by atoms with Crippen molar-refractivity contribution >= 4 is 23.0 Å². The fraction of sp³-hybridized carbons (Fsp3) is 0.0500. The molecule has 1 aromatic heterocycles. The van der Waals surface area contributed by atoms with Crippen molar-refractivity contribution in [3.63, 3.8) is 0 Å². The number of fused-ring (bicyclic) bond motifs is 1. The predicted octanol–water partition coefficient (Wildman–Crippen LogP) is 3.40. The van der Waals surface area contributed by atoms with E-state index in [9.17, 15) is 9.59 Å². The summed E-state index contributed by atoms with van der Waals surface area (Å²) in [5.74, 6) is 0.427. The molecule has 0 unspecified atom stereocenters. The lowest BCUT2D eigenvalue weighted by Gasteiger charge is -2.05. The molecule has 1 aliphatic heterocycles. The van der Waals surface area contributed by atoms with Crippen LogP contribution in [0.3, 0.4) is 0 Å². The van der Waals surface area contributed by atoms with Crippen LogP contribution in [0.1, 0.15) is 21.7 Å². The molecule has 0 bridgehead atoms. The van der Waals surface area contributed by atoms with Crippen LogP contribution in [0.2, 0.25) is 0 Å². The van der Waals surface area contributed by atoms with Crippen molar-refractivity contribution in [1.82, 2.24) is 9.55 Å². The lowest BCUT2D eigenvalue weighted by atomic mass is 10.0. The summed E-state index contributed by atoms with van der Waals surface area (Å²) >= 11 is 0. The minimum absolute atomic E-state index is 0.198. The van der Waals surface area contributed by atoms with Crippen molar-refractivity contribution in [2.24, 2.45) is 0 Å². The third kappa shape index (κ3) is 2.65. The van der Waals surface area contributed by atoms with Crippen molar-refractivity contribution in [2.75, 3.05) is 5.32 Å². The first kappa shape index (κ1) is 15.1. The maximum Gasteiger partial charge on any atom is 0.256 e. The molecule has 0 radical (unpaired) electrons. The van der Waals surface area contributed by atoms with Crippen LogP contribution >= 0.6 is 0 Å². The number of aromatic nitrogens is 2. The van der Waals surface area contributed by atoms with Crippen molar-refractivity contribution in [3.8, 4) is 5.69 Å². The highest BCUT2D eigenvalue weighted by Crippen LogP contribution is 2.31. The van der Waals surface area contributed by atoms with Crippen LogP contribution in [0.15, 0.2) is 67.0 Å². The van der Waals surface area contributed by atoms with E-state index in [0.717, 1.165) is 22.8 Å². The number of para-hydroxylation sites is 1. The molecule has 1 N–H and O–H groups in total. The molecule has 0 saturated heterocycles. The van der Waals surface area contributed by atoms with Crippen LogP contribution < -0.4 is 5.32 Å². The standard InChI is InChI=1S/C20H15N3O2/c1-13-21-10-11-23(13)15-8-6-14(7-9-15)19(24)12-17-16-4-2-3-5-18(16)22-20(17)25/h2-12H,1H3,(H,22,25)/b17-12-.